The lowest BCUT2D eigenvalue weighted by atomic mass is 10.1. The Labute approximate surface area is 154 Å². The Morgan fingerprint density at radius 3 is 2.74 bits per heavy atom. The van der Waals surface area contributed by atoms with Gasteiger partial charge >= 0.3 is 0 Å². The van der Waals surface area contributed by atoms with Crippen LogP contribution in [0.25, 0.3) is 11.3 Å². The maximum Gasteiger partial charge on any atom is 0.257 e. The molecule has 140 valence electrons. The summed E-state index contributed by atoms with van der Waals surface area (Å²) in [7, 11) is -2.63. The van der Waals surface area contributed by atoms with Crippen LogP contribution in [0.3, 0.4) is 0 Å². The van der Waals surface area contributed by atoms with E-state index in [-0.39, 0.29) is 11.4 Å². The lowest BCUT2D eigenvalue weighted by Crippen LogP contribution is -2.27. The Morgan fingerprint density at radius 1 is 1.30 bits per heavy atom. The number of nitrogens with zero attached hydrogens (tertiary/aromatic N) is 3. The quantitative estimate of drug-likeness (QED) is 0.709. The number of benzene rings is 1. The van der Waals surface area contributed by atoms with E-state index in [2.05, 4.69) is 10.1 Å². The number of hydrogen-bond donors (Lipinski definition) is 1. The van der Waals surface area contributed by atoms with Gasteiger partial charge in [0, 0.05) is 31.1 Å². The molecule has 0 aliphatic carbocycles. The monoisotopic (exact) mass is 390 g/mol. The summed E-state index contributed by atoms with van der Waals surface area (Å²) in [6, 6.07) is 7.98. The molecule has 0 atom stereocenters. The smallest absolute Gasteiger partial charge is 0.257 e. The SMILES string of the molecule is CN(Cc1cc(-c2cccnc2)no1)C(=O)c1cc(S(N)(=O)=O)ccc1F. The number of halogens is 1. The second-order valence-electron chi connectivity index (χ2n) is 5.77. The largest absolute Gasteiger partial charge is 0.359 e. The first-order valence-corrected chi connectivity index (χ1v) is 9.24. The van der Waals surface area contributed by atoms with Gasteiger partial charge in [-0.15, -0.1) is 0 Å². The summed E-state index contributed by atoms with van der Waals surface area (Å²) >= 11 is 0. The van der Waals surface area contributed by atoms with Crippen molar-refractivity contribution in [2.45, 2.75) is 11.4 Å². The van der Waals surface area contributed by atoms with Gasteiger partial charge in [0.1, 0.15) is 11.5 Å². The van der Waals surface area contributed by atoms with Crippen LogP contribution in [0.1, 0.15) is 16.1 Å². The third kappa shape index (κ3) is 4.18. The molecule has 8 nitrogen and oxygen atoms in total. The Kier molecular flexibility index (Phi) is 5.02. The second-order valence-corrected chi connectivity index (χ2v) is 7.33. The van der Waals surface area contributed by atoms with Gasteiger partial charge in [-0.25, -0.2) is 17.9 Å². The van der Waals surface area contributed by atoms with Crippen molar-refractivity contribution in [1.82, 2.24) is 15.0 Å². The third-order valence-electron chi connectivity index (χ3n) is 3.75. The molecule has 0 unspecified atom stereocenters. The predicted octanol–water partition coefficient (Wildman–Crippen LogP) is 1.80. The molecule has 2 aromatic heterocycles. The molecule has 2 N–H and O–H groups in total. The summed E-state index contributed by atoms with van der Waals surface area (Å²) in [6.45, 7) is 0.00510. The summed E-state index contributed by atoms with van der Waals surface area (Å²) in [5.41, 5.74) is 0.880. The van der Waals surface area contributed by atoms with Gasteiger partial charge in [-0.05, 0) is 30.3 Å². The minimum Gasteiger partial charge on any atom is -0.359 e. The van der Waals surface area contributed by atoms with Crippen molar-refractivity contribution in [3.8, 4) is 11.3 Å². The van der Waals surface area contributed by atoms with Crippen molar-refractivity contribution in [1.29, 1.82) is 0 Å². The number of carbonyl (C=O) groups excluding carboxylic acids is 1. The number of hydrogen-bond acceptors (Lipinski definition) is 6. The molecule has 10 heteroatoms. The second kappa shape index (κ2) is 7.25. The van der Waals surface area contributed by atoms with Gasteiger partial charge in [0.25, 0.3) is 5.91 Å². The molecule has 2 heterocycles. The van der Waals surface area contributed by atoms with E-state index in [4.69, 9.17) is 9.66 Å². The molecule has 0 saturated heterocycles. The number of aromatic nitrogens is 2. The zero-order valence-electron chi connectivity index (χ0n) is 14.2. The first-order valence-electron chi connectivity index (χ1n) is 7.69. The summed E-state index contributed by atoms with van der Waals surface area (Å²) in [6.07, 6.45) is 3.24. The number of pyridine rings is 1. The molecule has 0 fully saturated rings. The molecule has 27 heavy (non-hydrogen) atoms. The van der Waals surface area contributed by atoms with Crippen LogP contribution < -0.4 is 5.14 Å². The van der Waals surface area contributed by atoms with E-state index in [0.29, 0.717) is 11.5 Å². The fraction of sp³-hybridized carbons (Fsp3) is 0.118. The van der Waals surface area contributed by atoms with Gasteiger partial charge in [-0.3, -0.25) is 9.78 Å². The normalized spacial score (nSPS) is 11.4. The highest BCUT2D eigenvalue weighted by Crippen LogP contribution is 2.20. The number of rotatable bonds is 5. The maximum absolute atomic E-state index is 14.0. The predicted molar refractivity (Wildman–Crippen MR) is 93.3 cm³/mol. The van der Waals surface area contributed by atoms with E-state index in [0.717, 1.165) is 23.8 Å². The van der Waals surface area contributed by atoms with Crippen molar-refractivity contribution in [2.24, 2.45) is 5.14 Å². The van der Waals surface area contributed by atoms with E-state index in [1.807, 2.05) is 0 Å². The van der Waals surface area contributed by atoms with Crippen LogP contribution in [-0.2, 0) is 16.6 Å². The van der Waals surface area contributed by atoms with E-state index >= 15 is 0 Å². The third-order valence-corrected chi connectivity index (χ3v) is 4.66. The summed E-state index contributed by atoms with van der Waals surface area (Å²) in [4.78, 5) is 17.3. The Bertz CT molecular complexity index is 1080. The molecule has 0 aliphatic heterocycles. The van der Waals surface area contributed by atoms with E-state index in [1.54, 1.807) is 30.6 Å². The summed E-state index contributed by atoms with van der Waals surface area (Å²) in [5, 5.41) is 8.94. The molecular weight excluding hydrogens is 375 g/mol. The zero-order valence-corrected chi connectivity index (χ0v) is 15.0. The molecule has 0 radical (unpaired) electrons. The van der Waals surface area contributed by atoms with Crippen molar-refractivity contribution in [3.05, 3.63) is 65.9 Å². The van der Waals surface area contributed by atoms with E-state index < -0.39 is 27.3 Å². The molecule has 1 aromatic carbocycles. The van der Waals surface area contributed by atoms with Crippen LogP contribution in [0, 0.1) is 5.82 Å². The van der Waals surface area contributed by atoms with Crippen LogP contribution in [0.15, 0.2) is 58.2 Å². The van der Waals surface area contributed by atoms with Gasteiger partial charge in [0.15, 0.2) is 5.76 Å². The highest BCUT2D eigenvalue weighted by molar-refractivity contribution is 7.89. The zero-order chi connectivity index (χ0) is 19.6. The molecule has 0 spiro atoms. The average Bonchev–Trinajstić information content (AvgIpc) is 3.09. The fourth-order valence-electron chi connectivity index (χ4n) is 2.39. The number of primary sulfonamides is 1. The minimum absolute atomic E-state index is 0.00510. The maximum atomic E-state index is 14.0. The molecular formula is C17H15FN4O4S. The topological polar surface area (TPSA) is 119 Å². The van der Waals surface area contributed by atoms with E-state index in [1.165, 1.54) is 11.9 Å². The summed E-state index contributed by atoms with van der Waals surface area (Å²) < 4.78 is 42.0. The Morgan fingerprint density at radius 2 is 2.07 bits per heavy atom. The van der Waals surface area contributed by atoms with Gasteiger partial charge in [0.05, 0.1) is 17.0 Å². The fourth-order valence-corrected chi connectivity index (χ4v) is 2.93. The van der Waals surface area contributed by atoms with Crippen molar-refractivity contribution < 1.29 is 22.1 Å². The highest BCUT2D eigenvalue weighted by atomic mass is 32.2. The highest BCUT2D eigenvalue weighted by Gasteiger charge is 2.21. The lowest BCUT2D eigenvalue weighted by Gasteiger charge is -2.16. The number of carbonyl (C=O) groups is 1. The standard InChI is InChI=1S/C17H15FN4O4S/c1-22(10-12-7-16(21-26-12)11-3-2-6-20-9-11)17(23)14-8-13(27(19,24)25)4-5-15(14)18/h2-9H,10H2,1H3,(H2,19,24,25). The first-order chi connectivity index (χ1) is 12.8. The van der Waals surface area contributed by atoms with Crippen LogP contribution in [0.2, 0.25) is 0 Å². The number of nitrogens with two attached hydrogens (primary N) is 1. The average molecular weight is 390 g/mol. The van der Waals surface area contributed by atoms with Crippen LogP contribution in [-0.4, -0.2) is 36.4 Å². The first kappa shape index (κ1) is 18.7. The van der Waals surface area contributed by atoms with Crippen LogP contribution in [0.4, 0.5) is 4.39 Å². The van der Waals surface area contributed by atoms with Crippen molar-refractivity contribution in [3.63, 3.8) is 0 Å². The molecule has 0 bridgehead atoms. The van der Waals surface area contributed by atoms with Gasteiger partial charge in [-0.2, -0.15) is 0 Å². The Hall–Kier alpha value is -3.11. The molecule has 3 rings (SSSR count). The number of sulfonamides is 1. The summed E-state index contributed by atoms with van der Waals surface area (Å²) in [5.74, 6) is -1.21. The minimum atomic E-state index is -4.06. The van der Waals surface area contributed by atoms with E-state index in [9.17, 15) is 17.6 Å². The van der Waals surface area contributed by atoms with Crippen molar-refractivity contribution >= 4 is 15.9 Å². The van der Waals surface area contributed by atoms with Crippen LogP contribution >= 0.6 is 0 Å². The van der Waals surface area contributed by atoms with Crippen molar-refractivity contribution in [2.75, 3.05) is 7.05 Å². The van der Waals surface area contributed by atoms with Crippen LogP contribution in [0.5, 0.6) is 0 Å². The number of amides is 1. The van der Waals surface area contributed by atoms with Gasteiger partial charge in [0.2, 0.25) is 10.0 Å². The molecule has 1 amide bonds. The molecule has 0 aliphatic rings. The lowest BCUT2D eigenvalue weighted by molar-refractivity contribution is 0.0767. The Balaban J connectivity index is 1.80. The molecule has 3 aromatic rings. The van der Waals surface area contributed by atoms with Gasteiger partial charge in [-0.1, -0.05) is 5.16 Å². The molecule has 0 saturated carbocycles. The van der Waals surface area contributed by atoms with Gasteiger partial charge < -0.3 is 9.42 Å².